The lowest BCUT2D eigenvalue weighted by Crippen LogP contribution is -2.16. The van der Waals surface area contributed by atoms with Crippen molar-refractivity contribution in [3.05, 3.63) is 34.5 Å². The minimum atomic E-state index is -0.270. The van der Waals surface area contributed by atoms with E-state index in [1.165, 1.54) is 17.7 Å². The van der Waals surface area contributed by atoms with Crippen LogP contribution in [0.1, 0.15) is 33.9 Å². The van der Waals surface area contributed by atoms with E-state index in [-0.39, 0.29) is 5.91 Å². The molecule has 0 atom stereocenters. The number of rotatable bonds is 3. The maximum atomic E-state index is 12.1. The molecule has 0 radical (unpaired) electrons. The van der Waals surface area contributed by atoms with Gasteiger partial charge in [0, 0.05) is 4.88 Å². The molecule has 0 saturated carbocycles. The van der Waals surface area contributed by atoms with Crippen LogP contribution in [0.2, 0.25) is 0 Å². The number of nitrogens with two attached hydrogens (primary N) is 1. The molecule has 2 aromatic rings. The fraction of sp³-hybridized carbons (Fsp3) is 0.308. The maximum absolute atomic E-state index is 12.1. The molecule has 2 aromatic heterocycles. The van der Waals surface area contributed by atoms with Crippen molar-refractivity contribution in [3.8, 4) is 0 Å². The molecule has 1 aliphatic rings. The first kappa shape index (κ1) is 13.0. The number of anilines is 2. The van der Waals surface area contributed by atoms with Crippen molar-refractivity contribution < 1.29 is 4.79 Å². The van der Waals surface area contributed by atoms with Gasteiger partial charge in [-0.1, -0.05) is 6.07 Å². The lowest BCUT2D eigenvalue weighted by Gasteiger charge is -2.06. The molecule has 7 heteroatoms. The van der Waals surface area contributed by atoms with Gasteiger partial charge in [0.2, 0.25) is 0 Å². The van der Waals surface area contributed by atoms with Crippen molar-refractivity contribution in [2.45, 2.75) is 25.7 Å². The molecule has 0 fully saturated rings. The van der Waals surface area contributed by atoms with Crippen LogP contribution in [-0.2, 0) is 12.8 Å². The van der Waals surface area contributed by atoms with E-state index < -0.39 is 0 Å². The second-order valence-corrected chi connectivity index (χ2v) is 5.69. The summed E-state index contributed by atoms with van der Waals surface area (Å²) in [5.74, 6) is 5.47. The van der Waals surface area contributed by atoms with E-state index in [4.69, 9.17) is 5.84 Å². The summed E-state index contributed by atoms with van der Waals surface area (Å²) in [7, 11) is 0. The quantitative estimate of drug-likeness (QED) is 0.593. The molecule has 2 heterocycles. The van der Waals surface area contributed by atoms with Crippen molar-refractivity contribution in [1.82, 2.24) is 9.97 Å². The molecule has 20 heavy (non-hydrogen) atoms. The van der Waals surface area contributed by atoms with E-state index in [1.54, 1.807) is 29.5 Å². The fourth-order valence-corrected chi connectivity index (χ4v) is 3.25. The van der Waals surface area contributed by atoms with Crippen LogP contribution in [0.4, 0.5) is 10.9 Å². The standard InChI is InChI=1S/C13H15N5OS/c14-18-11-7-3-5-9(15-11)12(19)17-13-16-8-4-1-2-6-10(8)20-13/h3,5,7H,1-2,4,6,14H2,(H,15,18)(H,16,17,19). The summed E-state index contributed by atoms with van der Waals surface area (Å²) in [6.07, 6.45) is 4.45. The molecule has 4 N–H and O–H groups in total. The number of hydrazine groups is 1. The Bertz CT molecular complexity index is 616. The Morgan fingerprint density at radius 2 is 2.10 bits per heavy atom. The van der Waals surface area contributed by atoms with Gasteiger partial charge in [-0.25, -0.2) is 15.8 Å². The van der Waals surface area contributed by atoms with Crippen molar-refractivity contribution in [2.75, 3.05) is 10.7 Å². The lowest BCUT2D eigenvalue weighted by atomic mass is 10.0. The van der Waals surface area contributed by atoms with E-state index in [9.17, 15) is 4.79 Å². The first-order chi connectivity index (χ1) is 9.76. The number of aromatic nitrogens is 2. The average Bonchev–Trinajstić information content (AvgIpc) is 2.89. The van der Waals surface area contributed by atoms with Crippen LogP contribution in [0.5, 0.6) is 0 Å². The van der Waals surface area contributed by atoms with Gasteiger partial charge < -0.3 is 5.43 Å². The van der Waals surface area contributed by atoms with Crippen LogP contribution >= 0.6 is 11.3 Å². The Morgan fingerprint density at radius 1 is 1.25 bits per heavy atom. The normalized spacial score (nSPS) is 13.7. The molecule has 1 aliphatic carbocycles. The second-order valence-electron chi connectivity index (χ2n) is 4.60. The lowest BCUT2D eigenvalue weighted by molar-refractivity contribution is 0.102. The number of hydrogen-bond donors (Lipinski definition) is 3. The maximum Gasteiger partial charge on any atom is 0.276 e. The van der Waals surface area contributed by atoms with Gasteiger partial charge in [-0.3, -0.25) is 10.1 Å². The molecule has 3 rings (SSSR count). The SMILES string of the molecule is NNc1cccc(C(=O)Nc2nc3c(s2)CCCC3)n1. The molecular formula is C13H15N5OS. The van der Waals surface area contributed by atoms with Crippen LogP contribution in [0.3, 0.4) is 0 Å². The van der Waals surface area contributed by atoms with Gasteiger partial charge in [-0.15, -0.1) is 11.3 Å². The topological polar surface area (TPSA) is 92.9 Å². The first-order valence-corrected chi connectivity index (χ1v) is 7.31. The van der Waals surface area contributed by atoms with E-state index in [1.807, 2.05) is 0 Å². The highest BCUT2D eigenvalue weighted by atomic mass is 32.1. The average molecular weight is 289 g/mol. The second kappa shape index (κ2) is 5.56. The zero-order valence-corrected chi connectivity index (χ0v) is 11.7. The van der Waals surface area contributed by atoms with E-state index in [0.717, 1.165) is 18.5 Å². The number of fused-ring (bicyclic) bond motifs is 1. The molecule has 6 nitrogen and oxygen atoms in total. The summed E-state index contributed by atoms with van der Waals surface area (Å²) < 4.78 is 0. The largest absolute Gasteiger partial charge is 0.308 e. The minimum absolute atomic E-state index is 0.270. The molecule has 0 bridgehead atoms. The zero-order valence-electron chi connectivity index (χ0n) is 10.8. The van der Waals surface area contributed by atoms with Gasteiger partial charge >= 0.3 is 0 Å². The smallest absolute Gasteiger partial charge is 0.276 e. The Hall–Kier alpha value is -1.99. The van der Waals surface area contributed by atoms with Gasteiger partial charge in [0.1, 0.15) is 11.5 Å². The number of hydrogen-bond acceptors (Lipinski definition) is 6. The molecule has 0 unspecified atom stereocenters. The number of amides is 1. The molecular weight excluding hydrogens is 274 g/mol. The summed E-state index contributed by atoms with van der Waals surface area (Å²) in [5.41, 5.74) is 3.86. The summed E-state index contributed by atoms with van der Waals surface area (Å²) >= 11 is 1.56. The molecule has 1 amide bonds. The fourth-order valence-electron chi connectivity index (χ4n) is 2.21. The summed E-state index contributed by atoms with van der Waals surface area (Å²) in [5, 5.41) is 3.45. The van der Waals surface area contributed by atoms with Gasteiger partial charge in [0.25, 0.3) is 5.91 Å². The summed E-state index contributed by atoms with van der Waals surface area (Å²) in [6, 6.07) is 5.06. The van der Waals surface area contributed by atoms with E-state index in [0.29, 0.717) is 16.6 Å². The third-order valence-electron chi connectivity index (χ3n) is 3.20. The summed E-state index contributed by atoms with van der Waals surface area (Å²) in [6.45, 7) is 0. The van der Waals surface area contributed by atoms with Crippen molar-refractivity contribution >= 4 is 28.2 Å². The molecule has 0 spiro atoms. The Morgan fingerprint density at radius 3 is 2.90 bits per heavy atom. The number of aryl methyl sites for hydroxylation is 2. The highest BCUT2D eigenvalue weighted by molar-refractivity contribution is 7.15. The Labute approximate surface area is 120 Å². The third kappa shape index (κ3) is 2.63. The van der Waals surface area contributed by atoms with Crippen LogP contribution in [-0.4, -0.2) is 15.9 Å². The predicted octanol–water partition coefficient (Wildman–Crippen LogP) is 1.95. The van der Waals surface area contributed by atoms with Crippen molar-refractivity contribution in [3.63, 3.8) is 0 Å². The number of carbonyl (C=O) groups excluding carboxylic acids is 1. The van der Waals surface area contributed by atoms with Gasteiger partial charge in [-0.2, -0.15) is 0 Å². The zero-order chi connectivity index (χ0) is 13.9. The number of nitrogens with one attached hydrogen (secondary N) is 2. The highest BCUT2D eigenvalue weighted by Gasteiger charge is 2.17. The number of thiazole rings is 1. The van der Waals surface area contributed by atoms with Crippen molar-refractivity contribution in [1.29, 1.82) is 0 Å². The highest BCUT2D eigenvalue weighted by Crippen LogP contribution is 2.29. The number of nitrogens with zero attached hydrogens (tertiary/aromatic N) is 2. The van der Waals surface area contributed by atoms with Gasteiger partial charge in [0.15, 0.2) is 5.13 Å². The van der Waals surface area contributed by atoms with E-state index >= 15 is 0 Å². The summed E-state index contributed by atoms with van der Waals surface area (Å²) in [4.78, 5) is 22.0. The Kier molecular flexibility index (Phi) is 3.62. The van der Waals surface area contributed by atoms with Gasteiger partial charge in [0.05, 0.1) is 5.69 Å². The molecule has 0 aromatic carbocycles. The molecule has 104 valence electrons. The third-order valence-corrected chi connectivity index (χ3v) is 4.27. The molecule has 0 saturated heterocycles. The number of carbonyl (C=O) groups is 1. The van der Waals surface area contributed by atoms with Crippen LogP contribution < -0.4 is 16.6 Å². The van der Waals surface area contributed by atoms with Crippen LogP contribution in [0.25, 0.3) is 0 Å². The minimum Gasteiger partial charge on any atom is -0.308 e. The Balaban J connectivity index is 1.76. The monoisotopic (exact) mass is 289 g/mol. The first-order valence-electron chi connectivity index (χ1n) is 6.50. The van der Waals surface area contributed by atoms with Gasteiger partial charge in [-0.05, 0) is 37.8 Å². The van der Waals surface area contributed by atoms with E-state index in [2.05, 4.69) is 20.7 Å². The number of pyridine rings is 1. The van der Waals surface area contributed by atoms with Crippen LogP contribution in [0, 0.1) is 0 Å². The number of nitrogen functional groups attached to an aromatic ring is 1. The van der Waals surface area contributed by atoms with Crippen LogP contribution in [0.15, 0.2) is 18.2 Å². The molecule has 0 aliphatic heterocycles. The van der Waals surface area contributed by atoms with Crippen molar-refractivity contribution in [2.24, 2.45) is 5.84 Å². The predicted molar refractivity (Wildman–Crippen MR) is 78.8 cm³/mol.